The number of thiazole rings is 1. The number of nitrogens with one attached hydrogen (secondary N) is 2. The van der Waals surface area contributed by atoms with Crippen molar-refractivity contribution < 1.29 is 19.1 Å². The first-order valence-electron chi connectivity index (χ1n) is 8.19. The van der Waals surface area contributed by atoms with Gasteiger partial charge in [-0.15, -0.1) is 5.10 Å². The van der Waals surface area contributed by atoms with E-state index >= 15 is 0 Å². The van der Waals surface area contributed by atoms with Gasteiger partial charge in [0, 0.05) is 13.2 Å². The number of carbonyl (C=O) groups is 2. The molecule has 2 amide bonds. The molecule has 0 bridgehead atoms. The number of aryl methyl sites for hydroxylation is 1. The lowest BCUT2D eigenvalue weighted by Gasteiger charge is -2.04. The number of fused-ring (bicyclic) bond motifs is 1. The van der Waals surface area contributed by atoms with Crippen LogP contribution in [0.3, 0.4) is 0 Å². The second-order valence-electron chi connectivity index (χ2n) is 5.54. The minimum Gasteiger partial charge on any atom is -0.494 e. The third-order valence-electron chi connectivity index (χ3n) is 3.56. The van der Waals surface area contributed by atoms with Crippen molar-refractivity contribution in [3.63, 3.8) is 0 Å². The van der Waals surface area contributed by atoms with Crippen molar-refractivity contribution in [3.8, 4) is 11.6 Å². The average molecular weight is 389 g/mol. The molecule has 3 aromatic rings. The first-order chi connectivity index (χ1) is 13.0. The minimum atomic E-state index is -0.444. The molecule has 2 N–H and O–H groups in total. The van der Waals surface area contributed by atoms with E-state index in [0.717, 1.165) is 16.0 Å². The Balaban J connectivity index is 1.60. The first kappa shape index (κ1) is 18.6. The van der Waals surface area contributed by atoms with E-state index in [1.54, 1.807) is 7.05 Å². The number of nitrogens with zero attached hydrogens (tertiary/aromatic N) is 3. The van der Waals surface area contributed by atoms with E-state index in [2.05, 4.69) is 20.7 Å². The van der Waals surface area contributed by atoms with Gasteiger partial charge in [0.25, 0.3) is 5.91 Å². The Kier molecular flexibility index (Phi) is 5.55. The van der Waals surface area contributed by atoms with Crippen LogP contribution in [0, 0.1) is 0 Å². The molecular weight excluding hydrogens is 370 g/mol. The highest BCUT2D eigenvalue weighted by molar-refractivity contribution is 7.22. The SMILES string of the molecule is CCOc1ccc2nc(NC(=O)CNC(=O)c3cn(C)nc3OC)sc2c1. The zero-order chi connectivity index (χ0) is 19.4. The largest absolute Gasteiger partial charge is 0.494 e. The van der Waals surface area contributed by atoms with Gasteiger partial charge in [-0.2, -0.15) is 0 Å². The van der Waals surface area contributed by atoms with Crippen LogP contribution in [0.5, 0.6) is 11.6 Å². The predicted molar refractivity (Wildman–Crippen MR) is 102 cm³/mol. The van der Waals surface area contributed by atoms with Crippen LogP contribution in [-0.4, -0.2) is 46.8 Å². The minimum absolute atomic E-state index is 0.197. The number of aromatic nitrogens is 3. The molecule has 0 saturated heterocycles. The molecule has 0 aliphatic rings. The third kappa shape index (κ3) is 4.34. The van der Waals surface area contributed by atoms with E-state index in [4.69, 9.17) is 9.47 Å². The average Bonchev–Trinajstić information content (AvgIpc) is 3.22. The van der Waals surface area contributed by atoms with Crippen LogP contribution in [0.25, 0.3) is 10.2 Å². The van der Waals surface area contributed by atoms with Gasteiger partial charge < -0.3 is 20.1 Å². The van der Waals surface area contributed by atoms with Crippen LogP contribution < -0.4 is 20.1 Å². The van der Waals surface area contributed by atoms with Crippen LogP contribution in [0.4, 0.5) is 5.13 Å². The van der Waals surface area contributed by atoms with Gasteiger partial charge in [0.1, 0.15) is 11.3 Å². The molecule has 0 aliphatic heterocycles. The molecule has 27 heavy (non-hydrogen) atoms. The maximum absolute atomic E-state index is 12.2. The Morgan fingerprint density at radius 3 is 2.89 bits per heavy atom. The highest BCUT2D eigenvalue weighted by Gasteiger charge is 2.17. The predicted octanol–water partition coefficient (Wildman–Crippen LogP) is 1.81. The number of rotatable bonds is 7. The summed E-state index contributed by atoms with van der Waals surface area (Å²) in [7, 11) is 3.10. The van der Waals surface area contributed by atoms with Crippen molar-refractivity contribution in [2.75, 3.05) is 25.6 Å². The maximum Gasteiger partial charge on any atom is 0.258 e. The van der Waals surface area contributed by atoms with E-state index < -0.39 is 5.91 Å². The molecule has 1 aromatic carbocycles. The van der Waals surface area contributed by atoms with E-state index in [1.807, 2.05) is 25.1 Å². The molecule has 10 heteroatoms. The van der Waals surface area contributed by atoms with E-state index in [0.29, 0.717) is 11.7 Å². The molecule has 9 nitrogen and oxygen atoms in total. The van der Waals surface area contributed by atoms with Crippen molar-refractivity contribution in [1.82, 2.24) is 20.1 Å². The number of anilines is 1. The molecule has 0 fully saturated rings. The number of carbonyl (C=O) groups excluding carboxylic acids is 2. The summed E-state index contributed by atoms with van der Waals surface area (Å²) < 4.78 is 12.9. The Hall–Kier alpha value is -3.14. The number of hydrogen-bond donors (Lipinski definition) is 2. The fourth-order valence-corrected chi connectivity index (χ4v) is 3.32. The van der Waals surface area contributed by atoms with Crippen molar-refractivity contribution in [2.45, 2.75) is 6.92 Å². The number of hydrogen-bond acceptors (Lipinski definition) is 7. The lowest BCUT2D eigenvalue weighted by atomic mass is 10.3. The molecule has 142 valence electrons. The van der Waals surface area contributed by atoms with Gasteiger partial charge >= 0.3 is 0 Å². The number of benzene rings is 1. The summed E-state index contributed by atoms with van der Waals surface area (Å²) in [6.07, 6.45) is 1.52. The monoisotopic (exact) mass is 389 g/mol. The number of methoxy groups -OCH3 is 1. The zero-order valence-corrected chi connectivity index (χ0v) is 15.9. The second-order valence-corrected chi connectivity index (χ2v) is 6.57. The molecule has 0 spiro atoms. The summed E-state index contributed by atoms with van der Waals surface area (Å²) >= 11 is 1.34. The van der Waals surface area contributed by atoms with Gasteiger partial charge in [-0.1, -0.05) is 11.3 Å². The van der Waals surface area contributed by atoms with Gasteiger partial charge in [0.2, 0.25) is 11.8 Å². The summed E-state index contributed by atoms with van der Waals surface area (Å²) in [5.74, 6) is 0.131. The van der Waals surface area contributed by atoms with E-state index in [1.165, 1.54) is 29.3 Å². The lowest BCUT2D eigenvalue weighted by Crippen LogP contribution is -2.32. The van der Waals surface area contributed by atoms with Crippen LogP contribution in [-0.2, 0) is 11.8 Å². The van der Waals surface area contributed by atoms with Gasteiger partial charge in [0.15, 0.2) is 5.13 Å². The quantitative estimate of drug-likeness (QED) is 0.638. The molecule has 0 atom stereocenters. The number of amides is 2. The van der Waals surface area contributed by atoms with E-state index in [-0.39, 0.29) is 23.9 Å². The van der Waals surface area contributed by atoms with Crippen LogP contribution in [0.2, 0.25) is 0 Å². The Labute approximate surface area is 159 Å². The van der Waals surface area contributed by atoms with Crippen LogP contribution in [0.15, 0.2) is 24.4 Å². The zero-order valence-electron chi connectivity index (χ0n) is 15.1. The smallest absolute Gasteiger partial charge is 0.258 e. The van der Waals surface area contributed by atoms with Crippen LogP contribution >= 0.6 is 11.3 Å². The van der Waals surface area contributed by atoms with E-state index in [9.17, 15) is 9.59 Å². The van der Waals surface area contributed by atoms with Crippen molar-refractivity contribution in [2.24, 2.45) is 7.05 Å². The van der Waals surface area contributed by atoms with Gasteiger partial charge in [0.05, 0.1) is 30.5 Å². The number of ether oxygens (including phenoxy) is 2. The fourth-order valence-electron chi connectivity index (χ4n) is 2.41. The van der Waals surface area contributed by atoms with Gasteiger partial charge in [-0.25, -0.2) is 4.98 Å². The summed E-state index contributed by atoms with van der Waals surface area (Å²) in [4.78, 5) is 28.7. The highest BCUT2D eigenvalue weighted by Crippen LogP contribution is 2.29. The Morgan fingerprint density at radius 1 is 1.33 bits per heavy atom. The summed E-state index contributed by atoms with van der Waals surface area (Å²) in [6, 6.07) is 5.55. The second kappa shape index (κ2) is 8.04. The molecule has 0 aliphatic carbocycles. The van der Waals surface area contributed by atoms with Crippen molar-refractivity contribution in [3.05, 3.63) is 30.0 Å². The van der Waals surface area contributed by atoms with Gasteiger partial charge in [-0.3, -0.25) is 14.3 Å². The standard InChI is InChI=1S/C17H19N5O4S/c1-4-26-10-5-6-12-13(7-10)27-17(19-12)20-14(23)8-18-15(24)11-9-22(2)21-16(11)25-3/h5-7,9H,4,8H2,1-3H3,(H,18,24)(H,19,20,23). The maximum atomic E-state index is 12.2. The molecule has 0 saturated carbocycles. The highest BCUT2D eigenvalue weighted by atomic mass is 32.1. The molecule has 0 radical (unpaired) electrons. The van der Waals surface area contributed by atoms with Crippen molar-refractivity contribution in [1.29, 1.82) is 0 Å². The summed E-state index contributed by atoms with van der Waals surface area (Å²) in [6.45, 7) is 2.30. The summed E-state index contributed by atoms with van der Waals surface area (Å²) in [5, 5.41) is 9.68. The van der Waals surface area contributed by atoms with Gasteiger partial charge in [-0.05, 0) is 25.1 Å². The third-order valence-corrected chi connectivity index (χ3v) is 4.49. The molecule has 2 aromatic heterocycles. The molecule has 2 heterocycles. The first-order valence-corrected chi connectivity index (χ1v) is 9.01. The molecular formula is C17H19N5O4S. The molecule has 3 rings (SSSR count). The fraction of sp³-hybridized carbons (Fsp3) is 0.294. The Morgan fingerprint density at radius 2 is 2.15 bits per heavy atom. The normalized spacial score (nSPS) is 10.6. The Bertz CT molecular complexity index is 981. The summed E-state index contributed by atoms with van der Waals surface area (Å²) in [5.41, 5.74) is 1.03. The topological polar surface area (TPSA) is 107 Å². The van der Waals surface area contributed by atoms with Crippen molar-refractivity contribution >= 4 is 38.5 Å². The molecule has 0 unspecified atom stereocenters. The van der Waals surface area contributed by atoms with Crippen LogP contribution in [0.1, 0.15) is 17.3 Å². The lowest BCUT2D eigenvalue weighted by molar-refractivity contribution is -0.115.